The zero-order chi connectivity index (χ0) is 14.9. The summed E-state index contributed by atoms with van der Waals surface area (Å²) in [5.74, 6) is 0. The van der Waals surface area contributed by atoms with E-state index >= 15 is 0 Å². The van der Waals surface area contributed by atoms with E-state index < -0.39 is 16.5 Å². The summed E-state index contributed by atoms with van der Waals surface area (Å²) in [6.45, 7) is 7.87. The molecule has 0 fully saturated rings. The van der Waals surface area contributed by atoms with E-state index in [1.54, 1.807) is 11.9 Å². The fraction of sp³-hybridized carbons (Fsp3) is 0.875. The number of carbonyl (C=O) groups is 1. The van der Waals surface area contributed by atoms with Crippen LogP contribution in [-0.2, 0) is 13.4 Å². The van der Waals surface area contributed by atoms with Gasteiger partial charge in [-0.1, -0.05) is 0 Å². The number of nitrogens with one attached hydrogen (secondary N) is 1. The second-order valence-corrected chi connectivity index (χ2v) is 5.47. The van der Waals surface area contributed by atoms with Crippen LogP contribution in [0, 0.1) is 0 Å². The molecule has 10 heteroatoms. The van der Waals surface area contributed by atoms with Gasteiger partial charge in [0.1, 0.15) is 0 Å². The van der Waals surface area contributed by atoms with Crippen molar-refractivity contribution < 1.29 is 28.0 Å². The molecule has 18 heavy (non-hydrogen) atoms. The summed E-state index contributed by atoms with van der Waals surface area (Å²) in [7, 11) is -4.05. The molecule has 0 radical (unpaired) electrons. The predicted octanol–water partition coefficient (Wildman–Crippen LogP) is 1.75. The lowest BCUT2D eigenvalue weighted by atomic mass is 10.3. The maximum atomic E-state index is 11.2. The third-order valence-electron chi connectivity index (χ3n) is 1.65. The van der Waals surface area contributed by atoms with E-state index in [0.717, 1.165) is 0 Å². The summed E-state index contributed by atoms with van der Waals surface area (Å²) in [6.07, 6.45) is 0. The van der Waals surface area contributed by atoms with Crippen molar-refractivity contribution in [2.75, 3.05) is 7.05 Å². The Kier molecular flexibility index (Phi) is 11.3. The van der Waals surface area contributed by atoms with E-state index in [4.69, 9.17) is 9.79 Å². The molecule has 0 bridgehead atoms. The molecule has 0 aromatic rings. The van der Waals surface area contributed by atoms with Gasteiger partial charge in [0.05, 0.1) is 0 Å². The van der Waals surface area contributed by atoms with Crippen molar-refractivity contribution in [1.29, 1.82) is 0 Å². The Balaban J connectivity index is 0. The van der Waals surface area contributed by atoms with Gasteiger partial charge >= 0.3 is 22.5 Å². The summed E-state index contributed by atoms with van der Waals surface area (Å²) in [5, 5.41) is 2.81. The first-order valence-electron chi connectivity index (χ1n) is 5.11. The van der Waals surface area contributed by atoms with Crippen molar-refractivity contribution in [2.45, 2.75) is 39.8 Å². The smallest absolute Gasteiger partial charge is 0.336 e. The Bertz CT molecular complexity index is 285. The van der Waals surface area contributed by atoms with Gasteiger partial charge in [0.25, 0.3) is 0 Å². The largest absolute Gasteiger partial charge is 0.745 e. The van der Waals surface area contributed by atoms with E-state index in [-0.39, 0.29) is 18.1 Å². The van der Waals surface area contributed by atoms with Crippen LogP contribution < -0.4 is 5.32 Å². The summed E-state index contributed by atoms with van der Waals surface area (Å²) in [4.78, 5) is 28.2. The minimum atomic E-state index is -2.92. The lowest BCUT2D eigenvalue weighted by Gasteiger charge is -2.23. The summed E-state index contributed by atoms with van der Waals surface area (Å²) in [5.41, 5.74) is 0. The second-order valence-electron chi connectivity index (χ2n) is 3.87. The van der Waals surface area contributed by atoms with Crippen LogP contribution >= 0.6 is 16.5 Å². The number of nitrogens with zero attached hydrogens (tertiary/aromatic N) is 1. The standard InChI is InChI=1S/C8H18N2O.O5P2/c1-6(2)9-8(11)10(5)7(3)4;1-6(2)5-7(3)4/h6-7H,1-5H3,(H,9,11);/p+2. The summed E-state index contributed by atoms with van der Waals surface area (Å²) in [6, 6.07) is 0.465. The first-order chi connectivity index (χ1) is 8.07. The number of hydrogen-bond acceptors (Lipinski definition) is 4. The van der Waals surface area contributed by atoms with E-state index in [2.05, 4.69) is 9.63 Å². The molecule has 0 aromatic heterocycles. The van der Waals surface area contributed by atoms with Gasteiger partial charge in [-0.15, -0.1) is 9.79 Å². The minimum Gasteiger partial charge on any atom is -0.336 e. The van der Waals surface area contributed by atoms with Crippen LogP contribution in [0.3, 0.4) is 0 Å². The molecular formula is C8H20N2O6P2+2. The van der Waals surface area contributed by atoms with Crippen LogP contribution in [0.4, 0.5) is 4.79 Å². The molecule has 2 amide bonds. The zero-order valence-corrected chi connectivity index (χ0v) is 12.8. The third-order valence-corrected chi connectivity index (χ3v) is 2.76. The quantitative estimate of drug-likeness (QED) is 0.681. The van der Waals surface area contributed by atoms with Crippen LogP contribution in [-0.4, -0.2) is 39.8 Å². The minimum absolute atomic E-state index is 0.00463. The highest BCUT2D eigenvalue weighted by atomic mass is 31.2. The van der Waals surface area contributed by atoms with Crippen molar-refractivity contribution in [3.63, 3.8) is 0 Å². The average Bonchev–Trinajstić information content (AvgIpc) is 2.13. The molecule has 0 aliphatic rings. The van der Waals surface area contributed by atoms with Crippen molar-refractivity contribution >= 4 is 22.5 Å². The van der Waals surface area contributed by atoms with Gasteiger partial charge in [-0.3, -0.25) is 0 Å². The number of rotatable bonds is 4. The molecule has 0 aliphatic carbocycles. The van der Waals surface area contributed by atoms with E-state index in [1.807, 2.05) is 27.7 Å². The SMILES string of the molecule is CC(C)NC(=O)N(C)C(C)C.O=[P+](O)O[P+](=O)O. The molecule has 0 aromatic carbocycles. The molecule has 0 saturated carbocycles. The number of amides is 2. The van der Waals surface area contributed by atoms with Crippen LogP contribution in [0.25, 0.3) is 0 Å². The molecule has 2 unspecified atom stereocenters. The van der Waals surface area contributed by atoms with Gasteiger partial charge in [-0.2, -0.15) is 0 Å². The molecule has 2 atom stereocenters. The van der Waals surface area contributed by atoms with E-state index in [0.29, 0.717) is 0 Å². The Labute approximate surface area is 108 Å². The van der Waals surface area contributed by atoms with Crippen LogP contribution in [0.15, 0.2) is 0 Å². The lowest BCUT2D eigenvalue weighted by Crippen LogP contribution is -2.43. The first kappa shape index (κ1) is 19.7. The highest BCUT2D eigenvalue weighted by Crippen LogP contribution is 2.30. The Hall–Kier alpha value is -0.650. The highest BCUT2D eigenvalue weighted by Gasteiger charge is 2.31. The van der Waals surface area contributed by atoms with Gasteiger partial charge in [-0.25, -0.2) is 4.79 Å². The lowest BCUT2D eigenvalue weighted by molar-refractivity contribution is 0.195. The van der Waals surface area contributed by atoms with Crippen molar-refractivity contribution in [3.8, 4) is 0 Å². The second kappa shape index (κ2) is 10.3. The monoisotopic (exact) mass is 302 g/mol. The van der Waals surface area contributed by atoms with Crippen molar-refractivity contribution in [1.82, 2.24) is 10.2 Å². The Morgan fingerprint density at radius 1 is 1.17 bits per heavy atom. The predicted molar refractivity (Wildman–Crippen MR) is 67.3 cm³/mol. The van der Waals surface area contributed by atoms with Crippen molar-refractivity contribution in [3.05, 3.63) is 0 Å². The molecule has 8 nitrogen and oxygen atoms in total. The maximum Gasteiger partial charge on any atom is 0.745 e. The first-order valence-corrected chi connectivity index (χ1v) is 7.37. The fourth-order valence-electron chi connectivity index (χ4n) is 0.643. The summed E-state index contributed by atoms with van der Waals surface area (Å²) < 4.78 is 22.2. The maximum absolute atomic E-state index is 11.2. The number of hydrogen-bond donors (Lipinski definition) is 3. The molecule has 3 N–H and O–H groups in total. The molecule has 0 heterocycles. The van der Waals surface area contributed by atoms with Gasteiger partial charge in [-0.05, 0) is 27.7 Å². The van der Waals surface area contributed by atoms with Crippen LogP contribution in [0.2, 0.25) is 0 Å². The molecule has 0 rings (SSSR count). The molecule has 0 spiro atoms. The van der Waals surface area contributed by atoms with Crippen LogP contribution in [0.5, 0.6) is 0 Å². The molecule has 0 saturated heterocycles. The highest BCUT2D eigenvalue weighted by molar-refractivity contribution is 7.46. The van der Waals surface area contributed by atoms with Gasteiger partial charge in [0.15, 0.2) is 4.31 Å². The zero-order valence-electron chi connectivity index (χ0n) is 11.0. The number of urea groups is 1. The van der Waals surface area contributed by atoms with Gasteiger partial charge in [0.2, 0.25) is 0 Å². The molecular weight excluding hydrogens is 282 g/mol. The fourth-order valence-corrected chi connectivity index (χ4v) is 1.12. The van der Waals surface area contributed by atoms with Crippen LogP contribution in [0.1, 0.15) is 27.7 Å². The molecule has 106 valence electrons. The third kappa shape index (κ3) is 13.4. The molecule has 0 aliphatic heterocycles. The average molecular weight is 302 g/mol. The Morgan fingerprint density at radius 3 is 1.72 bits per heavy atom. The Morgan fingerprint density at radius 2 is 1.56 bits per heavy atom. The number of carbonyl (C=O) groups excluding carboxylic acids is 1. The van der Waals surface area contributed by atoms with E-state index in [1.165, 1.54) is 0 Å². The topological polar surface area (TPSA) is 116 Å². The summed E-state index contributed by atoms with van der Waals surface area (Å²) >= 11 is 0. The van der Waals surface area contributed by atoms with E-state index in [9.17, 15) is 13.9 Å². The van der Waals surface area contributed by atoms with Gasteiger partial charge in [0, 0.05) is 28.3 Å². The van der Waals surface area contributed by atoms with Gasteiger partial charge < -0.3 is 10.2 Å². The van der Waals surface area contributed by atoms with Crippen molar-refractivity contribution in [2.24, 2.45) is 0 Å². The normalized spacial score (nSPS) is 11.6.